The SMILES string of the molecule is CSc1nc(C(=O)NCCCC(C)(C)CO)c2ccccn12. The van der Waals surface area contributed by atoms with Crippen LogP contribution >= 0.6 is 11.8 Å². The number of hydrogen-bond acceptors (Lipinski definition) is 4. The number of imidazole rings is 1. The van der Waals surface area contributed by atoms with Gasteiger partial charge in [-0.2, -0.15) is 0 Å². The molecule has 0 atom stereocenters. The predicted molar refractivity (Wildman–Crippen MR) is 89.4 cm³/mol. The molecule has 0 aliphatic heterocycles. The Hall–Kier alpha value is -1.53. The Morgan fingerprint density at radius 2 is 2.23 bits per heavy atom. The zero-order valence-electron chi connectivity index (χ0n) is 13.3. The molecule has 0 radical (unpaired) electrons. The molecule has 6 heteroatoms. The molecule has 0 fully saturated rings. The molecule has 0 aliphatic carbocycles. The summed E-state index contributed by atoms with van der Waals surface area (Å²) in [5.74, 6) is -0.147. The number of nitrogens with zero attached hydrogens (tertiary/aromatic N) is 2. The second-order valence-corrected chi connectivity index (χ2v) is 6.86. The molecule has 2 aromatic rings. The van der Waals surface area contributed by atoms with Crippen LogP contribution in [-0.4, -0.2) is 39.8 Å². The maximum absolute atomic E-state index is 12.3. The van der Waals surface area contributed by atoms with Crippen molar-refractivity contribution in [3.8, 4) is 0 Å². The monoisotopic (exact) mass is 321 g/mol. The van der Waals surface area contributed by atoms with Gasteiger partial charge in [-0.25, -0.2) is 4.98 Å². The van der Waals surface area contributed by atoms with Gasteiger partial charge in [-0.15, -0.1) is 0 Å². The second kappa shape index (κ2) is 7.15. The molecule has 22 heavy (non-hydrogen) atoms. The van der Waals surface area contributed by atoms with E-state index in [0.717, 1.165) is 23.5 Å². The van der Waals surface area contributed by atoms with Crippen LogP contribution in [0.4, 0.5) is 0 Å². The van der Waals surface area contributed by atoms with Gasteiger partial charge >= 0.3 is 0 Å². The van der Waals surface area contributed by atoms with Crippen LogP contribution < -0.4 is 5.32 Å². The Balaban J connectivity index is 2.02. The topological polar surface area (TPSA) is 66.6 Å². The van der Waals surface area contributed by atoms with Crippen molar-refractivity contribution in [2.24, 2.45) is 5.41 Å². The number of amides is 1. The summed E-state index contributed by atoms with van der Waals surface area (Å²) in [5, 5.41) is 13.0. The first-order chi connectivity index (χ1) is 10.5. The van der Waals surface area contributed by atoms with Crippen molar-refractivity contribution in [2.45, 2.75) is 31.8 Å². The Kier molecular flexibility index (Phi) is 5.47. The zero-order valence-corrected chi connectivity index (χ0v) is 14.1. The van der Waals surface area contributed by atoms with Crippen LogP contribution in [0.2, 0.25) is 0 Å². The molecule has 0 bridgehead atoms. The van der Waals surface area contributed by atoms with Crippen molar-refractivity contribution in [3.63, 3.8) is 0 Å². The minimum absolute atomic E-state index is 0.0994. The summed E-state index contributed by atoms with van der Waals surface area (Å²) in [4.78, 5) is 16.8. The molecule has 0 aliphatic rings. The number of thioether (sulfide) groups is 1. The molecular formula is C16H23N3O2S. The van der Waals surface area contributed by atoms with Gasteiger partial charge in [0.05, 0.1) is 5.52 Å². The summed E-state index contributed by atoms with van der Waals surface area (Å²) in [7, 11) is 0. The van der Waals surface area contributed by atoms with Crippen molar-refractivity contribution in [3.05, 3.63) is 30.1 Å². The van der Waals surface area contributed by atoms with Crippen LogP contribution in [0.25, 0.3) is 5.52 Å². The lowest BCUT2D eigenvalue weighted by atomic mass is 9.89. The lowest BCUT2D eigenvalue weighted by molar-refractivity contribution is 0.0945. The van der Waals surface area contributed by atoms with Crippen molar-refractivity contribution >= 4 is 23.2 Å². The van der Waals surface area contributed by atoms with Crippen molar-refractivity contribution < 1.29 is 9.90 Å². The lowest BCUT2D eigenvalue weighted by Crippen LogP contribution is -2.26. The molecular weight excluding hydrogens is 298 g/mol. The summed E-state index contributed by atoms with van der Waals surface area (Å²) in [6.07, 6.45) is 5.55. The third-order valence-electron chi connectivity index (χ3n) is 3.66. The molecule has 2 heterocycles. The van der Waals surface area contributed by atoms with Crippen LogP contribution in [0, 0.1) is 5.41 Å². The van der Waals surface area contributed by atoms with Crippen LogP contribution in [0.1, 0.15) is 37.2 Å². The molecule has 2 N–H and O–H groups in total. The van der Waals surface area contributed by atoms with E-state index in [2.05, 4.69) is 10.3 Å². The highest BCUT2D eigenvalue weighted by Crippen LogP contribution is 2.21. The molecule has 2 aromatic heterocycles. The van der Waals surface area contributed by atoms with Gasteiger partial charge in [0.1, 0.15) is 0 Å². The number of pyridine rings is 1. The third kappa shape index (κ3) is 3.81. The third-order valence-corrected chi connectivity index (χ3v) is 4.31. The Morgan fingerprint density at radius 1 is 1.45 bits per heavy atom. The van der Waals surface area contributed by atoms with E-state index < -0.39 is 0 Å². The molecule has 0 unspecified atom stereocenters. The number of rotatable bonds is 7. The highest BCUT2D eigenvalue weighted by atomic mass is 32.2. The number of carbonyl (C=O) groups excluding carboxylic acids is 1. The van der Waals surface area contributed by atoms with Gasteiger partial charge in [0.25, 0.3) is 5.91 Å². The molecule has 2 rings (SSSR count). The van der Waals surface area contributed by atoms with Crippen molar-refractivity contribution in [2.75, 3.05) is 19.4 Å². The van der Waals surface area contributed by atoms with Crippen molar-refractivity contribution in [1.82, 2.24) is 14.7 Å². The highest BCUT2D eigenvalue weighted by molar-refractivity contribution is 7.98. The summed E-state index contributed by atoms with van der Waals surface area (Å²) >= 11 is 1.52. The highest BCUT2D eigenvalue weighted by Gasteiger charge is 2.18. The van der Waals surface area contributed by atoms with Gasteiger partial charge in [-0.05, 0) is 36.6 Å². The Labute approximate surface area is 135 Å². The number of hydrogen-bond donors (Lipinski definition) is 2. The Bertz CT molecular complexity index is 652. The molecule has 0 spiro atoms. The maximum atomic E-state index is 12.3. The van der Waals surface area contributed by atoms with E-state index in [1.54, 1.807) is 0 Å². The minimum atomic E-state index is -0.147. The summed E-state index contributed by atoms with van der Waals surface area (Å²) in [6.45, 7) is 4.78. The lowest BCUT2D eigenvalue weighted by Gasteiger charge is -2.21. The van der Waals surface area contributed by atoms with Crippen LogP contribution in [0.15, 0.2) is 29.6 Å². The van der Waals surface area contributed by atoms with E-state index >= 15 is 0 Å². The number of carbonyl (C=O) groups is 1. The molecule has 0 saturated heterocycles. The van der Waals surface area contributed by atoms with Gasteiger partial charge in [0.2, 0.25) is 0 Å². The van der Waals surface area contributed by atoms with E-state index in [9.17, 15) is 9.90 Å². The molecule has 0 aromatic carbocycles. The molecule has 0 saturated carbocycles. The van der Waals surface area contributed by atoms with E-state index in [4.69, 9.17) is 0 Å². The predicted octanol–water partition coefficient (Wildman–Crippen LogP) is 2.58. The van der Waals surface area contributed by atoms with Crippen LogP contribution in [0.5, 0.6) is 0 Å². The standard InChI is InChI=1S/C16H23N3O2S/c1-16(2,11-20)8-6-9-17-14(21)13-12-7-4-5-10-19(12)15(18-13)22-3/h4-5,7,10,20H,6,8-9,11H2,1-3H3,(H,17,21). The number of aliphatic hydroxyl groups is 1. The van der Waals surface area contributed by atoms with Gasteiger partial charge < -0.3 is 10.4 Å². The summed E-state index contributed by atoms with van der Waals surface area (Å²) in [6, 6.07) is 5.73. The zero-order chi connectivity index (χ0) is 16.2. The van der Waals surface area contributed by atoms with E-state index in [-0.39, 0.29) is 17.9 Å². The van der Waals surface area contributed by atoms with Gasteiger partial charge in [0.15, 0.2) is 10.9 Å². The van der Waals surface area contributed by atoms with E-state index in [0.29, 0.717) is 12.2 Å². The number of aliphatic hydroxyl groups excluding tert-OH is 1. The minimum Gasteiger partial charge on any atom is -0.396 e. The number of aromatic nitrogens is 2. The first-order valence-electron chi connectivity index (χ1n) is 7.38. The largest absolute Gasteiger partial charge is 0.396 e. The van der Waals surface area contributed by atoms with Crippen molar-refractivity contribution in [1.29, 1.82) is 0 Å². The summed E-state index contributed by atoms with van der Waals surface area (Å²) < 4.78 is 1.93. The average molecular weight is 321 g/mol. The molecule has 120 valence electrons. The first-order valence-corrected chi connectivity index (χ1v) is 8.61. The Morgan fingerprint density at radius 3 is 2.91 bits per heavy atom. The normalized spacial score (nSPS) is 11.8. The maximum Gasteiger partial charge on any atom is 0.272 e. The molecule has 5 nitrogen and oxygen atoms in total. The number of fused-ring (bicyclic) bond motifs is 1. The van der Waals surface area contributed by atoms with Gasteiger partial charge in [-0.1, -0.05) is 31.7 Å². The average Bonchev–Trinajstić information content (AvgIpc) is 2.90. The van der Waals surface area contributed by atoms with Crippen LogP contribution in [-0.2, 0) is 0 Å². The number of nitrogens with one attached hydrogen (secondary N) is 1. The fourth-order valence-electron chi connectivity index (χ4n) is 2.25. The van der Waals surface area contributed by atoms with Gasteiger partial charge in [-0.3, -0.25) is 9.20 Å². The van der Waals surface area contributed by atoms with Crippen LogP contribution in [0.3, 0.4) is 0 Å². The summed E-state index contributed by atoms with van der Waals surface area (Å²) in [5.41, 5.74) is 1.18. The quantitative estimate of drug-likeness (QED) is 0.607. The van der Waals surface area contributed by atoms with E-state index in [1.165, 1.54) is 11.8 Å². The second-order valence-electron chi connectivity index (χ2n) is 6.08. The molecule has 1 amide bonds. The van der Waals surface area contributed by atoms with Gasteiger partial charge in [0, 0.05) is 19.3 Å². The fraction of sp³-hybridized carbons (Fsp3) is 0.500. The smallest absolute Gasteiger partial charge is 0.272 e. The first kappa shape index (κ1) is 16.8. The van der Waals surface area contributed by atoms with E-state index in [1.807, 2.05) is 48.9 Å². The fourth-order valence-corrected chi connectivity index (χ4v) is 2.79.